The van der Waals surface area contributed by atoms with Crippen molar-refractivity contribution in [1.29, 1.82) is 0 Å². The molecule has 0 fully saturated rings. The Balaban J connectivity index is 2.27. The van der Waals surface area contributed by atoms with Crippen LogP contribution in [0, 0.1) is 6.92 Å². The van der Waals surface area contributed by atoms with E-state index in [-0.39, 0.29) is 10.5 Å². The van der Waals surface area contributed by atoms with Gasteiger partial charge in [-0.3, -0.25) is 0 Å². The van der Waals surface area contributed by atoms with Gasteiger partial charge in [0.2, 0.25) is 9.84 Å². The molecule has 0 aromatic heterocycles. The first kappa shape index (κ1) is 17.5. The maximum absolute atomic E-state index is 12.6. The summed E-state index contributed by atoms with van der Waals surface area (Å²) < 4.78 is 31.2. The van der Waals surface area contributed by atoms with Gasteiger partial charge in [-0.25, -0.2) is 8.42 Å². The molecule has 0 spiro atoms. The van der Waals surface area contributed by atoms with Crippen LogP contribution in [0.3, 0.4) is 0 Å². The van der Waals surface area contributed by atoms with Crippen molar-refractivity contribution in [2.75, 3.05) is 0 Å². The van der Waals surface area contributed by atoms with Gasteiger partial charge in [-0.1, -0.05) is 31.5 Å². The quantitative estimate of drug-likeness (QED) is 0.764. The second-order valence-electron chi connectivity index (χ2n) is 6.05. The zero-order valence-corrected chi connectivity index (χ0v) is 15.0. The van der Waals surface area contributed by atoms with Gasteiger partial charge in [0.05, 0.1) is 9.79 Å². The van der Waals surface area contributed by atoms with Gasteiger partial charge in [0.1, 0.15) is 11.4 Å². The lowest BCUT2D eigenvalue weighted by Crippen LogP contribution is -2.30. The Morgan fingerprint density at radius 2 is 1.30 bits per heavy atom. The van der Waals surface area contributed by atoms with Crippen molar-refractivity contribution in [3.8, 4) is 5.75 Å². The maximum atomic E-state index is 12.6. The van der Waals surface area contributed by atoms with Gasteiger partial charge in [0.25, 0.3) is 0 Å². The molecule has 0 radical (unpaired) electrons. The summed E-state index contributed by atoms with van der Waals surface area (Å²) in [5.74, 6) is 0.694. The predicted molar refractivity (Wildman–Crippen MR) is 92.7 cm³/mol. The number of sulfone groups is 1. The third-order valence-corrected chi connectivity index (χ3v) is 6.11. The lowest BCUT2D eigenvalue weighted by molar-refractivity contribution is 0.0802. The lowest BCUT2D eigenvalue weighted by atomic mass is 10.00. The molecule has 2 aromatic carbocycles. The summed E-state index contributed by atoms with van der Waals surface area (Å²) in [4.78, 5) is 0.590. The largest absolute Gasteiger partial charge is 0.488 e. The molecular weight excluding hydrogens is 308 g/mol. The standard InChI is InChI=1S/C19H24O3S/c1-5-19(4,6-2)22-16-9-13-18(14-10-16)23(20,21)17-11-7-15(3)8-12-17/h7-14H,5-6H2,1-4H3. The highest BCUT2D eigenvalue weighted by Gasteiger charge is 2.22. The van der Waals surface area contributed by atoms with Crippen LogP contribution in [0.5, 0.6) is 5.75 Å². The number of hydrogen-bond acceptors (Lipinski definition) is 3. The maximum Gasteiger partial charge on any atom is 0.206 e. The highest BCUT2D eigenvalue weighted by molar-refractivity contribution is 7.91. The first-order chi connectivity index (χ1) is 10.8. The minimum atomic E-state index is -3.48. The van der Waals surface area contributed by atoms with Gasteiger partial charge >= 0.3 is 0 Å². The predicted octanol–water partition coefficient (Wildman–Crippen LogP) is 4.79. The van der Waals surface area contributed by atoms with Crippen molar-refractivity contribution in [2.24, 2.45) is 0 Å². The van der Waals surface area contributed by atoms with Gasteiger partial charge in [-0.15, -0.1) is 0 Å². The van der Waals surface area contributed by atoms with Gasteiger partial charge in [0.15, 0.2) is 0 Å². The summed E-state index contributed by atoms with van der Waals surface area (Å²) >= 11 is 0. The van der Waals surface area contributed by atoms with Crippen molar-refractivity contribution in [2.45, 2.75) is 55.9 Å². The third kappa shape index (κ3) is 3.94. The molecule has 0 bridgehead atoms. The number of benzene rings is 2. The molecule has 0 atom stereocenters. The van der Waals surface area contributed by atoms with E-state index in [1.165, 1.54) is 0 Å². The van der Waals surface area contributed by atoms with Crippen molar-refractivity contribution in [1.82, 2.24) is 0 Å². The van der Waals surface area contributed by atoms with Crippen LogP contribution in [0.1, 0.15) is 39.2 Å². The fraction of sp³-hybridized carbons (Fsp3) is 0.368. The fourth-order valence-electron chi connectivity index (χ4n) is 2.22. The monoisotopic (exact) mass is 332 g/mol. The molecule has 0 aliphatic carbocycles. The number of rotatable bonds is 6. The Kier molecular flexibility index (Phi) is 5.15. The van der Waals surface area contributed by atoms with Crippen LogP contribution in [0.25, 0.3) is 0 Å². The number of aryl methyl sites for hydroxylation is 1. The fourth-order valence-corrected chi connectivity index (χ4v) is 3.48. The summed E-state index contributed by atoms with van der Waals surface area (Å²) in [6, 6.07) is 13.6. The molecule has 0 amide bonds. The van der Waals surface area contributed by atoms with Crippen LogP contribution in [0.2, 0.25) is 0 Å². The number of ether oxygens (including phenoxy) is 1. The summed E-state index contributed by atoms with van der Waals surface area (Å²) in [6.45, 7) is 8.16. The van der Waals surface area contributed by atoms with Gasteiger partial charge in [-0.05, 0) is 63.1 Å². The van der Waals surface area contributed by atoms with Gasteiger partial charge in [0, 0.05) is 0 Å². The van der Waals surface area contributed by atoms with E-state index in [2.05, 4.69) is 20.8 Å². The van der Waals surface area contributed by atoms with Gasteiger partial charge < -0.3 is 4.74 Å². The second-order valence-corrected chi connectivity index (χ2v) is 8.00. The van der Waals surface area contributed by atoms with E-state index in [1.807, 2.05) is 6.92 Å². The summed E-state index contributed by atoms with van der Waals surface area (Å²) in [7, 11) is -3.48. The molecule has 4 heteroatoms. The molecule has 0 heterocycles. The summed E-state index contributed by atoms with van der Waals surface area (Å²) in [5, 5.41) is 0. The zero-order chi connectivity index (χ0) is 17.1. The third-order valence-electron chi connectivity index (χ3n) is 4.33. The van der Waals surface area contributed by atoms with E-state index < -0.39 is 9.84 Å². The van der Waals surface area contributed by atoms with E-state index in [9.17, 15) is 8.42 Å². The normalized spacial score (nSPS) is 12.2. The molecule has 0 saturated carbocycles. The average Bonchev–Trinajstić information content (AvgIpc) is 2.55. The van der Waals surface area contributed by atoms with Gasteiger partial charge in [-0.2, -0.15) is 0 Å². The minimum Gasteiger partial charge on any atom is -0.488 e. The van der Waals surface area contributed by atoms with Crippen LogP contribution >= 0.6 is 0 Å². The van der Waals surface area contributed by atoms with E-state index >= 15 is 0 Å². The van der Waals surface area contributed by atoms with Crippen LogP contribution in [0.15, 0.2) is 58.3 Å². The molecule has 2 rings (SSSR count). The summed E-state index contributed by atoms with van der Waals surface area (Å²) in [6.07, 6.45) is 1.79. The SMILES string of the molecule is CCC(C)(CC)Oc1ccc(S(=O)(=O)c2ccc(C)cc2)cc1. The molecule has 3 nitrogen and oxygen atoms in total. The lowest BCUT2D eigenvalue weighted by Gasteiger charge is -2.28. The molecule has 0 unspecified atom stereocenters. The van der Waals surface area contributed by atoms with Crippen molar-refractivity contribution in [3.63, 3.8) is 0 Å². The van der Waals surface area contributed by atoms with E-state index in [1.54, 1.807) is 48.5 Å². The second kappa shape index (κ2) is 6.75. The average molecular weight is 332 g/mol. The molecule has 0 aliphatic heterocycles. The van der Waals surface area contributed by atoms with E-state index in [4.69, 9.17) is 4.74 Å². The van der Waals surface area contributed by atoms with Crippen molar-refractivity contribution in [3.05, 3.63) is 54.1 Å². The molecule has 23 heavy (non-hydrogen) atoms. The van der Waals surface area contributed by atoms with Crippen molar-refractivity contribution >= 4 is 9.84 Å². The Morgan fingerprint density at radius 3 is 1.74 bits per heavy atom. The number of hydrogen-bond donors (Lipinski definition) is 0. The molecule has 0 N–H and O–H groups in total. The first-order valence-corrected chi connectivity index (χ1v) is 9.40. The molecular formula is C19H24O3S. The molecule has 0 aliphatic rings. The Bertz CT molecular complexity index is 740. The topological polar surface area (TPSA) is 43.4 Å². The Labute approximate surface area is 139 Å². The minimum absolute atomic E-state index is 0.225. The highest BCUT2D eigenvalue weighted by Crippen LogP contribution is 2.27. The van der Waals surface area contributed by atoms with Crippen LogP contribution in [0.4, 0.5) is 0 Å². The van der Waals surface area contributed by atoms with E-state index in [0.29, 0.717) is 10.6 Å². The smallest absolute Gasteiger partial charge is 0.206 e. The van der Waals surface area contributed by atoms with Crippen LogP contribution < -0.4 is 4.74 Å². The summed E-state index contributed by atoms with van der Waals surface area (Å²) in [5.41, 5.74) is 0.809. The highest BCUT2D eigenvalue weighted by atomic mass is 32.2. The van der Waals surface area contributed by atoms with Crippen LogP contribution in [-0.2, 0) is 9.84 Å². The van der Waals surface area contributed by atoms with Crippen molar-refractivity contribution < 1.29 is 13.2 Å². The first-order valence-electron chi connectivity index (χ1n) is 7.91. The zero-order valence-electron chi connectivity index (χ0n) is 14.2. The Hall–Kier alpha value is -1.81. The molecule has 2 aromatic rings. The molecule has 0 saturated heterocycles. The molecule has 124 valence electrons. The Morgan fingerprint density at radius 1 is 0.870 bits per heavy atom. The van der Waals surface area contributed by atoms with E-state index in [0.717, 1.165) is 18.4 Å². The van der Waals surface area contributed by atoms with Crippen LogP contribution in [-0.4, -0.2) is 14.0 Å².